The van der Waals surface area contributed by atoms with Gasteiger partial charge in [-0.05, 0) is 42.9 Å². The second-order valence-corrected chi connectivity index (χ2v) is 7.12. The molecule has 25 heavy (non-hydrogen) atoms. The van der Waals surface area contributed by atoms with Crippen LogP contribution in [0.5, 0.6) is 5.75 Å². The van der Waals surface area contributed by atoms with Gasteiger partial charge in [0.1, 0.15) is 12.4 Å². The van der Waals surface area contributed by atoms with Crippen molar-refractivity contribution >= 4 is 0 Å². The van der Waals surface area contributed by atoms with E-state index in [1.165, 1.54) is 43.2 Å². The number of rotatable bonds is 14. The Hall–Kier alpha value is -1.10. The lowest BCUT2D eigenvalue weighted by Gasteiger charge is -2.27. The maximum atomic E-state index is 9.46. The van der Waals surface area contributed by atoms with E-state index >= 15 is 0 Å². The fourth-order valence-electron chi connectivity index (χ4n) is 2.79. The summed E-state index contributed by atoms with van der Waals surface area (Å²) in [6, 6.07) is 6.34. The monoisotopic (exact) mass is 352 g/mol. The van der Waals surface area contributed by atoms with E-state index < -0.39 is 5.41 Å². The molecule has 4 heteroatoms. The fraction of sp³-hybridized carbons (Fsp3) is 0.714. The molecule has 0 atom stereocenters. The molecule has 0 radical (unpaired) electrons. The summed E-state index contributed by atoms with van der Waals surface area (Å²) in [6.07, 6.45) is 9.20. The van der Waals surface area contributed by atoms with E-state index in [1.807, 2.05) is 6.07 Å². The summed E-state index contributed by atoms with van der Waals surface area (Å²) in [5.41, 5.74) is 1.52. The van der Waals surface area contributed by atoms with Crippen LogP contribution in [0.25, 0.3) is 0 Å². The van der Waals surface area contributed by atoms with Crippen LogP contribution in [0.3, 0.4) is 0 Å². The molecule has 0 spiro atoms. The molecule has 0 aliphatic rings. The topological polar surface area (TPSA) is 69.9 Å². The maximum Gasteiger partial charge on any atom is 0.122 e. The van der Waals surface area contributed by atoms with Crippen LogP contribution in [0.2, 0.25) is 0 Å². The van der Waals surface area contributed by atoms with Crippen LogP contribution in [0.4, 0.5) is 0 Å². The first-order valence-corrected chi connectivity index (χ1v) is 9.72. The highest BCUT2D eigenvalue weighted by Crippen LogP contribution is 2.26. The second-order valence-electron chi connectivity index (χ2n) is 7.12. The number of aryl methyl sites for hydroxylation is 2. The summed E-state index contributed by atoms with van der Waals surface area (Å²) < 4.78 is 5.91. The Morgan fingerprint density at radius 2 is 1.44 bits per heavy atom. The summed E-state index contributed by atoms with van der Waals surface area (Å²) >= 11 is 0. The van der Waals surface area contributed by atoms with Crippen molar-refractivity contribution in [2.45, 2.75) is 65.2 Å². The van der Waals surface area contributed by atoms with Gasteiger partial charge < -0.3 is 20.1 Å². The first kappa shape index (κ1) is 21.9. The minimum absolute atomic E-state index is 0.104. The summed E-state index contributed by atoms with van der Waals surface area (Å²) in [5, 5.41) is 28.4. The van der Waals surface area contributed by atoms with E-state index in [-0.39, 0.29) is 26.4 Å². The molecule has 3 N–H and O–H groups in total. The van der Waals surface area contributed by atoms with Crippen LogP contribution in [-0.2, 0) is 12.8 Å². The quantitative estimate of drug-likeness (QED) is 0.448. The normalized spacial score (nSPS) is 11.7. The lowest BCUT2D eigenvalue weighted by Crippen LogP contribution is -2.39. The van der Waals surface area contributed by atoms with Crippen molar-refractivity contribution in [3.05, 3.63) is 29.3 Å². The predicted octanol–water partition coefficient (Wildman–Crippen LogP) is 3.49. The van der Waals surface area contributed by atoms with Gasteiger partial charge in [-0.15, -0.1) is 0 Å². The molecule has 0 aliphatic heterocycles. The third kappa shape index (κ3) is 7.35. The molecule has 0 amide bonds. The number of unbranched alkanes of at least 4 members (excludes halogenated alkanes) is 4. The van der Waals surface area contributed by atoms with Gasteiger partial charge in [-0.2, -0.15) is 0 Å². The SMILES string of the molecule is CCCCCc1ccc(OCC(CO)(CO)CO)c(CCCCC)c1. The van der Waals surface area contributed by atoms with E-state index in [4.69, 9.17) is 4.74 Å². The summed E-state index contributed by atoms with van der Waals surface area (Å²) in [7, 11) is 0. The predicted molar refractivity (Wildman–Crippen MR) is 102 cm³/mol. The Kier molecular flexibility index (Phi) is 10.8. The Bertz CT molecular complexity index is 461. The molecule has 1 aromatic rings. The highest BCUT2D eigenvalue weighted by molar-refractivity contribution is 5.37. The van der Waals surface area contributed by atoms with Gasteiger partial charge >= 0.3 is 0 Å². The van der Waals surface area contributed by atoms with Crippen molar-refractivity contribution in [1.82, 2.24) is 0 Å². The zero-order chi connectivity index (χ0) is 18.5. The molecule has 4 nitrogen and oxygen atoms in total. The number of hydrogen-bond acceptors (Lipinski definition) is 4. The molecule has 0 saturated heterocycles. The standard InChI is InChI=1S/C21H36O4/c1-3-5-7-9-18-11-12-20(19(13-18)10-8-6-4-2)25-17-21(14-22,15-23)16-24/h11-13,22-24H,3-10,14-17H2,1-2H3. The molecule has 0 aliphatic carbocycles. The van der Waals surface area contributed by atoms with E-state index in [0.29, 0.717) is 0 Å². The molecular formula is C21H36O4. The molecule has 1 aromatic carbocycles. The smallest absolute Gasteiger partial charge is 0.122 e. The van der Waals surface area contributed by atoms with Crippen molar-refractivity contribution in [2.24, 2.45) is 5.41 Å². The minimum atomic E-state index is -1.000. The average molecular weight is 353 g/mol. The van der Waals surface area contributed by atoms with Crippen LogP contribution < -0.4 is 4.74 Å². The van der Waals surface area contributed by atoms with Gasteiger partial charge in [0, 0.05) is 0 Å². The van der Waals surface area contributed by atoms with Crippen molar-refractivity contribution in [1.29, 1.82) is 0 Å². The molecular weight excluding hydrogens is 316 g/mol. The largest absolute Gasteiger partial charge is 0.492 e. The maximum absolute atomic E-state index is 9.46. The molecule has 1 rings (SSSR count). The van der Waals surface area contributed by atoms with Crippen LogP contribution >= 0.6 is 0 Å². The van der Waals surface area contributed by atoms with Crippen LogP contribution in [0.1, 0.15) is 63.5 Å². The molecule has 0 bridgehead atoms. The summed E-state index contributed by atoms with van der Waals surface area (Å²) in [5.74, 6) is 0.801. The number of aliphatic hydroxyl groups is 3. The number of hydrogen-bond donors (Lipinski definition) is 3. The lowest BCUT2D eigenvalue weighted by molar-refractivity contribution is -0.0260. The molecule has 0 aromatic heterocycles. The first-order chi connectivity index (χ1) is 12.1. The van der Waals surface area contributed by atoms with Gasteiger partial charge in [0.15, 0.2) is 0 Å². The van der Waals surface area contributed by atoms with Crippen molar-refractivity contribution in [3.8, 4) is 5.75 Å². The highest BCUT2D eigenvalue weighted by Gasteiger charge is 2.29. The third-order valence-corrected chi connectivity index (χ3v) is 4.78. The first-order valence-electron chi connectivity index (χ1n) is 9.72. The Morgan fingerprint density at radius 3 is 2.00 bits per heavy atom. The van der Waals surface area contributed by atoms with Crippen LogP contribution in [-0.4, -0.2) is 41.7 Å². The molecule has 0 fully saturated rings. The Morgan fingerprint density at radius 1 is 0.840 bits per heavy atom. The zero-order valence-electron chi connectivity index (χ0n) is 16.0. The van der Waals surface area contributed by atoms with E-state index in [1.54, 1.807) is 0 Å². The molecule has 0 unspecified atom stereocenters. The summed E-state index contributed by atoms with van der Waals surface area (Å²) in [6.45, 7) is 3.59. The molecule has 0 heterocycles. The zero-order valence-corrected chi connectivity index (χ0v) is 16.0. The average Bonchev–Trinajstić information content (AvgIpc) is 2.65. The van der Waals surface area contributed by atoms with Crippen LogP contribution in [0, 0.1) is 5.41 Å². The number of ether oxygens (including phenoxy) is 1. The Labute approximate surface area is 152 Å². The fourth-order valence-corrected chi connectivity index (χ4v) is 2.79. The van der Waals surface area contributed by atoms with Crippen molar-refractivity contribution < 1.29 is 20.1 Å². The summed E-state index contributed by atoms with van der Waals surface area (Å²) in [4.78, 5) is 0. The highest BCUT2D eigenvalue weighted by atomic mass is 16.5. The van der Waals surface area contributed by atoms with Gasteiger partial charge in [-0.1, -0.05) is 51.7 Å². The number of benzene rings is 1. The second kappa shape index (κ2) is 12.3. The van der Waals surface area contributed by atoms with Gasteiger partial charge in [-0.25, -0.2) is 0 Å². The lowest BCUT2D eigenvalue weighted by atomic mass is 9.92. The van der Waals surface area contributed by atoms with E-state index in [9.17, 15) is 15.3 Å². The van der Waals surface area contributed by atoms with Crippen molar-refractivity contribution in [3.63, 3.8) is 0 Å². The van der Waals surface area contributed by atoms with Gasteiger partial charge in [-0.3, -0.25) is 0 Å². The Balaban J connectivity index is 2.83. The molecule has 0 saturated carbocycles. The molecule has 144 valence electrons. The van der Waals surface area contributed by atoms with Gasteiger partial charge in [0.25, 0.3) is 0 Å². The van der Waals surface area contributed by atoms with Crippen LogP contribution in [0.15, 0.2) is 18.2 Å². The minimum Gasteiger partial charge on any atom is -0.492 e. The third-order valence-electron chi connectivity index (χ3n) is 4.78. The van der Waals surface area contributed by atoms with E-state index in [0.717, 1.165) is 25.0 Å². The van der Waals surface area contributed by atoms with Gasteiger partial charge in [0.05, 0.1) is 25.2 Å². The van der Waals surface area contributed by atoms with Gasteiger partial charge in [0.2, 0.25) is 0 Å². The van der Waals surface area contributed by atoms with Crippen molar-refractivity contribution in [2.75, 3.05) is 26.4 Å². The van der Waals surface area contributed by atoms with E-state index in [2.05, 4.69) is 26.0 Å². The number of aliphatic hydroxyl groups excluding tert-OH is 3.